The van der Waals surface area contributed by atoms with E-state index in [0.29, 0.717) is 10.9 Å². The molecule has 3 N–H and O–H groups in total. The molecule has 0 fully saturated rings. The van der Waals surface area contributed by atoms with Crippen LogP contribution in [0.2, 0.25) is 0 Å². The lowest BCUT2D eigenvalue weighted by Crippen LogP contribution is -2.82. The van der Waals surface area contributed by atoms with Gasteiger partial charge in [-0.15, -0.1) is 10.5 Å². The molecule has 0 unspecified atom stereocenters. The SMILES string of the molecule is COc1ccc(C=[NH+]NC(=S)Nc2ccccc2)c(OC)c1. The van der Waals surface area contributed by atoms with Crippen molar-refractivity contribution in [2.24, 2.45) is 0 Å². The largest absolute Gasteiger partial charge is 0.497 e. The van der Waals surface area contributed by atoms with Crippen LogP contribution in [0.1, 0.15) is 5.56 Å². The fourth-order valence-electron chi connectivity index (χ4n) is 1.80. The summed E-state index contributed by atoms with van der Waals surface area (Å²) in [5.74, 6) is 1.44. The van der Waals surface area contributed by atoms with E-state index in [0.717, 1.165) is 17.0 Å². The first-order valence-corrected chi connectivity index (χ1v) is 7.06. The van der Waals surface area contributed by atoms with Gasteiger partial charge in [-0.3, -0.25) is 0 Å². The number of methoxy groups -OCH3 is 2. The molecule has 0 aromatic heterocycles. The first-order valence-electron chi connectivity index (χ1n) is 6.65. The number of hydrazine groups is 1. The van der Waals surface area contributed by atoms with Gasteiger partial charge < -0.3 is 14.8 Å². The van der Waals surface area contributed by atoms with E-state index in [2.05, 4.69) is 15.8 Å². The van der Waals surface area contributed by atoms with Crippen LogP contribution >= 0.6 is 12.2 Å². The summed E-state index contributed by atoms with van der Waals surface area (Å²) in [5.41, 5.74) is 4.68. The zero-order chi connectivity index (χ0) is 15.8. The van der Waals surface area contributed by atoms with Crippen molar-refractivity contribution < 1.29 is 14.6 Å². The van der Waals surface area contributed by atoms with Crippen LogP contribution in [-0.2, 0) is 0 Å². The molecule has 2 aromatic carbocycles. The number of para-hydroxylation sites is 1. The summed E-state index contributed by atoms with van der Waals surface area (Å²) in [6.07, 6.45) is 1.76. The number of hydrogen-bond donors (Lipinski definition) is 3. The van der Waals surface area contributed by atoms with E-state index in [4.69, 9.17) is 21.7 Å². The third-order valence-corrected chi connectivity index (χ3v) is 3.09. The topological polar surface area (TPSA) is 56.5 Å². The average molecular weight is 316 g/mol. The second-order valence-corrected chi connectivity index (χ2v) is 4.75. The summed E-state index contributed by atoms with van der Waals surface area (Å²) in [7, 11) is 3.23. The molecule has 6 heteroatoms. The lowest BCUT2D eigenvalue weighted by atomic mass is 10.2. The number of hydrazone groups is 1. The van der Waals surface area contributed by atoms with Crippen molar-refractivity contribution in [3.05, 3.63) is 54.1 Å². The van der Waals surface area contributed by atoms with Crippen LogP contribution < -0.4 is 25.3 Å². The van der Waals surface area contributed by atoms with Crippen molar-refractivity contribution >= 4 is 29.2 Å². The molecule has 2 rings (SSSR count). The van der Waals surface area contributed by atoms with Gasteiger partial charge in [0.15, 0.2) is 0 Å². The zero-order valence-electron chi connectivity index (χ0n) is 12.4. The Hall–Kier alpha value is -2.60. The number of ether oxygens (including phenoxy) is 2. The second kappa shape index (κ2) is 7.99. The molecule has 0 saturated carbocycles. The predicted octanol–water partition coefficient (Wildman–Crippen LogP) is 1.10. The molecule has 0 aliphatic heterocycles. The van der Waals surface area contributed by atoms with E-state index in [1.807, 2.05) is 48.5 Å². The number of anilines is 1. The summed E-state index contributed by atoms with van der Waals surface area (Å²) in [6, 6.07) is 15.3. The molecule has 0 aliphatic carbocycles. The van der Waals surface area contributed by atoms with Crippen molar-refractivity contribution in [1.29, 1.82) is 0 Å². The Balaban J connectivity index is 1.96. The summed E-state index contributed by atoms with van der Waals surface area (Å²) < 4.78 is 10.5. The van der Waals surface area contributed by atoms with Crippen molar-refractivity contribution in [3.8, 4) is 11.5 Å². The van der Waals surface area contributed by atoms with Gasteiger partial charge in [0, 0.05) is 11.8 Å². The van der Waals surface area contributed by atoms with E-state index < -0.39 is 0 Å². The Kier molecular flexibility index (Phi) is 5.73. The van der Waals surface area contributed by atoms with Crippen molar-refractivity contribution in [2.45, 2.75) is 0 Å². The van der Waals surface area contributed by atoms with Crippen LogP contribution in [0, 0.1) is 0 Å². The Morgan fingerprint density at radius 2 is 1.86 bits per heavy atom. The molecular weight excluding hydrogens is 298 g/mol. The van der Waals surface area contributed by atoms with Crippen LogP contribution in [0.4, 0.5) is 5.69 Å². The molecule has 0 atom stereocenters. The van der Waals surface area contributed by atoms with Gasteiger partial charge in [-0.05, 0) is 36.5 Å². The first kappa shape index (κ1) is 15.8. The number of benzene rings is 2. The predicted molar refractivity (Wildman–Crippen MR) is 91.5 cm³/mol. The van der Waals surface area contributed by atoms with E-state index in [9.17, 15) is 0 Å². The summed E-state index contributed by atoms with van der Waals surface area (Å²) in [4.78, 5) is 0. The molecule has 0 bridgehead atoms. The molecule has 0 saturated heterocycles. The Bertz CT molecular complexity index is 660. The van der Waals surface area contributed by atoms with E-state index in [1.165, 1.54) is 0 Å². The van der Waals surface area contributed by atoms with Gasteiger partial charge in [0.1, 0.15) is 11.5 Å². The smallest absolute Gasteiger partial charge is 0.228 e. The Morgan fingerprint density at radius 3 is 2.55 bits per heavy atom. The van der Waals surface area contributed by atoms with Crippen molar-refractivity contribution in [1.82, 2.24) is 5.43 Å². The maximum absolute atomic E-state index is 5.31. The third-order valence-electron chi connectivity index (χ3n) is 2.89. The molecular formula is C16H18N3O2S+. The fourth-order valence-corrected chi connectivity index (χ4v) is 1.98. The standard InChI is InChI=1S/C16H17N3O2S/c1-20-14-9-8-12(15(10-14)21-2)11-17-19-16(22)18-13-6-4-3-5-7-13/h3-11H,1-2H3,(H2,18,19,22)/p+1. The lowest BCUT2D eigenvalue weighted by molar-refractivity contribution is -0.499. The highest BCUT2D eigenvalue weighted by molar-refractivity contribution is 7.80. The maximum Gasteiger partial charge on any atom is 0.228 e. The van der Waals surface area contributed by atoms with Crippen LogP contribution in [0.3, 0.4) is 0 Å². The Morgan fingerprint density at radius 1 is 1.09 bits per heavy atom. The van der Waals surface area contributed by atoms with E-state index in [-0.39, 0.29) is 0 Å². The minimum Gasteiger partial charge on any atom is -0.497 e. The normalized spacial score (nSPS) is 10.3. The summed E-state index contributed by atoms with van der Waals surface area (Å²) in [6.45, 7) is 0. The van der Waals surface area contributed by atoms with E-state index in [1.54, 1.807) is 20.4 Å². The third kappa shape index (κ3) is 4.46. The summed E-state index contributed by atoms with van der Waals surface area (Å²) in [5, 5.41) is 6.46. The highest BCUT2D eigenvalue weighted by Gasteiger charge is 2.05. The number of hydrogen-bond acceptors (Lipinski definition) is 3. The lowest BCUT2D eigenvalue weighted by Gasteiger charge is -2.06. The molecule has 0 radical (unpaired) electrons. The molecule has 0 amide bonds. The van der Waals surface area contributed by atoms with E-state index >= 15 is 0 Å². The van der Waals surface area contributed by atoms with Crippen molar-refractivity contribution in [3.63, 3.8) is 0 Å². The minimum absolute atomic E-state index is 0.468. The minimum atomic E-state index is 0.468. The average Bonchev–Trinajstić information content (AvgIpc) is 2.56. The highest BCUT2D eigenvalue weighted by atomic mass is 32.1. The van der Waals surface area contributed by atoms with Crippen LogP contribution in [0.25, 0.3) is 0 Å². The fraction of sp³-hybridized carbons (Fsp3) is 0.125. The van der Waals surface area contributed by atoms with Gasteiger partial charge in [-0.2, -0.15) is 0 Å². The zero-order valence-corrected chi connectivity index (χ0v) is 13.2. The number of nitrogens with one attached hydrogen (secondary N) is 3. The van der Waals surface area contributed by atoms with Gasteiger partial charge in [-0.25, -0.2) is 0 Å². The molecule has 5 nitrogen and oxygen atoms in total. The van der Waals surface area contributed by atoms with Gasteiger partial charge in [0.05, 0.1) is 19.8 Å². The maximum atomic E-state index is 5.31. The molecule has 0 spiro atoms. The highest BCUT2D eigenvalue weighted by Crippen LogP contribution is 2.22. The quantitative estimate of drug-likeness (QED) is 0.438. The number of thiocarbonyl (C=S) groups is 1. The van der Waals surface area contributed by atoms with Crippen LogP contribution in [0.5, 0.6) is 11.5 Å². The first-order chi connectivity index (χ1) is 10.7. The molecule has 22 heavy (non-hydrogen) atoms. The van der Waals surface area contributed by atoms with Gasteiger partial charge in [0.2, 0.25) is 11.3 Å². The van der Waals surface area contributed by atoms with Crippen LogP contribution in [0.15, 0.2) is 48.5 Å². The molecule has 2 aromatic rings. The van der Waals surface area contributed by atoms with Gasteiger partial charge >= 0.3 is 0 Å². The van der Waals surface area contributed by atoms with Gasteiger partial charge in [-0.1, -0.05) is 18.2 Å². The Labute approximate surface area is 134 Å². The monoisotopic (exact) mass is 316 g/mol. The second-order valence-electron chi connectivity index (χ2n) is 4.34. The molecule has 0 heterocycles. The van der Waals surface area contributed by atoms with Crippen LogP contribution in [-0.4, -0.2) is 25.5 Å². The van der Waals surface area contributed by atoms with Gasteiger partial charge in [0.25, 0.3) is 0 Å². The molecule has 114 valence electrons. The summed E-state index contributed by atoms with van der Waals surface area (Å²) >= 11 is 5.20. The number of rotatable bonds is 5. The van der Waals surface area contributed by atoms with Crippen molar-refractivity contribution in [2.75, 3.05) is 19.5 Å². The molecule has 0 aliphatic rings.